The number of rotatable bonds is 5. The standard InChI is InChI=1S/C24H26N4O2/c1-15-13-18-5-2-3-8-21(18)28(15)24(30)20-7-4-6-19(20)23(29)27-14-16-9-11-17(12-10-16)22(25)26/h2-3,5,7-12,15,19H,4,6,13-14H2,1H3,(H3,25,26)(H,27,29). The molecule has 6 nitrogen and oxygen atoms in total. The van der Waals surface area contributed by atoms with Crippen LogP contribution >= 0.6 is 0 Å². The second-order valence-electron chi connectivity index (χ2n) is 7.97. The number of hydrogen-bond acceptors (Lipinski definition) is 3. The molecule has 4 rings (SSSR count). The largest absolute Gasteiger partial charge is 0.384 e. The number of anilines is 1. The third kappa shape index (κ3) is 3.73. The maximum Gasteiger partial charge on any atom is 0.254 e. The van der Waals surface area contributed by atoms with Gasteiger partial charge in [0.15, 0.2) is 0 Å². The van der Waals surface area contributed by atoms with Crippen LogP contribution < -0.4 is 16.0 Å². The summed E-state index contributed by atoms with van der Waals surface area (Å²) in [4.78, 5) is 28.1. The van der Waals surface area contributed by atoms with Gasteiger partial charge in [-0.3, -0.25) is 15.0 Å². The molecule has 0 spiro atoms. The first-order valence-corrected chi connectivity index (χ1v) is 10.3. The van der Waals surface area contributed by atoms with Crippen molar-refractivity contribution in [1.82, 2.24) is 5.32 Å². The van der Waals surface area contributed by atoms with Crippen molar-refractivity contribution < 1.29 is 9.59 Å². The first kappa shape index (κ1) is 19.9. The number of para-hydroxylation sites is 1. The lowest BCUT2D eigenvalue weighted by atomic mass is 9.98. The fourth-order valence-electron chi connectivity index (χ4n) is 4.34. The molecular formula is C24H26N4O2. The summed E-state index contributed by atoms with van der Waals surface area (Å²) in [7, 11) is 0. The number of nitrogens with two attached hydrogens (primary N) is 1. The van der Waals surface area contributed by atoms with Gasteiger partial charge in [-0.05, 0) is 43.4 Å². The Labute approximate surface area is 176 Å². The number of fused-ring (bicyclic) bond motifs is 1. The van der Waals surface area contributed by atoms with Crippen molar-refractivity contribution in [2.45, 2.75) is 38.8 Å². The molecule has 1 heterocycles. The third-order valence-electron chi connectivity index (χ3n) is 5.92. The van der Waals surface area contributed by atoms with Gasteiger partial charge in [0.05, 0.1) is 5.92 Å². The van der Waals surface area contributed by atoms with Gasteiger partial charge in [0, 0.05) is 29.4 Å². The van der Waals surface area contributed by atoms with Crippen molar-refractivity contribution in [3.05, 3.63) is 76.9 Å². The number of nitrogens with one attached hydrogen (secondary N) is 2. The number of allylic oxidation sites excluding steroid dienone is 1. The van der Waals surface area contributed by atoms with E-state index in [1.54, 1.807) is 12.1 Å². The minimum absolute atomic E-state index is 0.0162. The lowest BCUT2D eigenvalue weighted by molar-refractivity contribution is -0.126. The highest BCUT2D eigenvalue weighted by atomic mass is 16.2. The van der Waals surface area contributed by atoms with Crippen LogP contribution in [0.25, 0.3) is 0 Å². The third-order valence-corrected chi connectivity index (χ3v) is 5.92. The number of carbonyl (C=O) groups excluding carboxylic acids is 2. The van der Waals surface area contributed by atoms with Crippen LogP contribution in [-0.2, 0) is 22.6 Å². The molecule has 2 aromatic carbocycles. The van der Waals surface area contributed by atoms with E-state index in [9.17, 15) is 9.59 Å². The Morgan fingerprint density at radius 3 is 2.63 bits per heavy atom. The smallest absolute Gasteiger partial charge is 0.254 e. The molecule has 2 amide bonds. The quantitative estimate of drug-likeness (QED) is 0.530. The average Bonchev–Trinajstić information content (AvgIpc) is 3.36. The first-order valence-electron chi connectivity index (χ1n) is 10.3. The van der Waals surface area contributed by atoms with Crippen LogP contribution in [0.5, 0.6) is 0 Å². The van der Waals surface area contributed by atoms with Gasteiger partial charge in [-0.1, -0.05) is 48.5 Å². The summed E-state index contributed by atoms with van der Waals surface area (Å²) in [6.07, 6.45) is 4.14. The molecule has 0 saturated heterocycles. The van der Waals surface area contributed by atoms with E-state index in [1.165, 1.54) is 5.56 Å². The second-order valence-corrected chi connectivity index (χ2v) is 7.97. The summed E-state index contributed by atoms with van der Waals surface area (Å²) in [5.74, 6) is -0.588. The molecule has 0 bridgehead atoms. The Balaban J connectivity index is 1.43. The maximum absolute atomic E-state index is 13.4. The van der Waals surface area contributed by atoms with Crippen molar-refractivity contribution in [3.63, 3.8) is 0 Å². The normalized spacial score (nSPS) is 19.9. The predicted octanol–water partition coefficient (Wildman–Crippen LogP) is 2.90. The fraction of sp³-hybridized carbons (Fsp3) is 0.292. The molecule has 4 N–H and O–H groups in total. The molecule has 0 radical (unpaired) electrons. The van der Waals surface area contributed by atoms with E-state index in [0.29, 0.717) is 24.1 Å². The van der Waals surface area contributed by atoms with E-state index >= 15 is 0 Å². The summed E-state index contributed by atoms with van der Waals surface area (Å²) in [6, 6.07) is 15.3. The van der Waals surface area contributed by atoms with Gasteiger partial charge in [-0.15, -0.1) is 0 Å². The lowest BCUT2D eigenvalue weighted by Gasteiger charge is -2.25. The van der Waals surface area contributed by atoms with Crippen LogP contribution in [0.15, 0.2) is 60.2 Å². The van der Waals surface area contributed by atoms with Gasteiger partial charge in [0.2, 0.25) is 5.91 Å². The molecule has 2 aliphatic rings. The van der Waals surface area contributed by atoms with Gasteiger partial charge < -0.3 is 16.0 Å². The van der Waals surface area contributed by atoms with Crippen molar-refractivity contribution in [2.75, 3.05) is 4.90 Å². The first-order chi connectivity index (χ1) is 14.5. The van der Waals surface area contributed by atoms with Crippen LogP contribution in [0.2, 0.25) is 0 Å². The second kappa shape index (κ2) is 8.14. The number of hydrogen-bond donors (Lipinski definition) is 3. The zero-order valence-corrected chi connectivity index (χ0v) is 17.0. The summed E-state index contributed by atoms with van der Waals surface area (Å²) in [5, 5.41) is 10.4. The van der Waals surface area contributed by atoms with E-state index in [-0.39, 0.29) is 23.7 Å². The topological polar surface area (TPSA) is 99.3 Å². The Kier molecular flexibility index (Phi) is 5.40. The van der Waals surface area contributed by atoms with E-state index < -0.39 is 5.92 Å². The molecule has 0 fully saturated rings. The van der Waals surface area contributed by atoms with Gasteiger partial charge >= 0.3 is 0 Å². The molecule has 0 saturated carbocycles. The zero-order chi connectivity index (χ0) is 21.3. The van der Waals surface area contributed by atoms with Crippen LogP contribution in [0, 0.1) is 11.3 Å². The van der Waals surface area contributed by atoms with Gasteiger partial charge in [0.1, 0.15) is 5.84 Å². The van der Waals surface area contributed by atoms with Gasteiger partial charge in [-0.25, -0.2) is 0 Å². The van der Waals surface area contributed by atoms with Gasteiger partial charge in [-0.2, -0.15) is 0 Å². The molecular weight excluding hydrogens is 376 g/mol. The van der Waals surface area contributed by atoms with E-state index in [1.807, 2.05) is 48.2 Å². The molecule has 2 atom stereocenters. The van der Waals surface area contributed by atoms with E-state index in [2.05, 4.69) is 11.4 Å². The van der Waals surface area contributed by atoms with Crippen LogP contribution in [0.1, 0.15) is 36.5 Å². The highest BCUT2D eigenvalue weighted by Crippen LogP contribution is 2.36. The Bertz CT molecular complexity index is 1030. The van der Waals surface area contributed by atoms with Crippen LogP contribution in [0.3, 0.4) is 0 Å². The highest BCUT2D eigenvalue weighted by molar-refractivity contribution is 6.10. The molecule has 2 unspecified atom stereocenters. The van der Waals surface area contributed by atoms with Crippen molar-refractivity contribution >= 4 is 23.3 Å². The fourth-order valence-corrected chi connectivity index (χ4v) is 4.34. The minimum atomic E-state index is -0.422. The molecule has 6 heteroatoms. The number of nitrogen functional groups attached to an aromatic ring is 1. The summed E-state index contributed by atoms with van der Waals surface area (Å²) in [5.41, 5.74) is 9.77. The lowest BCUT2D eigenvalue weighted by Crippen LogP contribution is -2.40. The van der Waals surface area contributed by atoms with Crippen LogP contribution in [-0.4, -0.2) is 23.7 Å². The Hall–Kier alpha value is -3.41. The molecule has 0 aromatic heterocycles. The monoisotopic (exact) mass is 402 g/mol. The molecule has 1 aliphatic carbocycles. The summed E-state index contributed by atoms with van der Waals surface area (Å²) in [6.45, 7) is 2.42. The number of benzene rings is 2. The molecule has 1 aliphatic heterocycles. The average molecular weight is 402 g/mol. The number of carbonyl (C=O) groups is 2. The van der Waals surface area contributed by atoms with Crippen molar-refractivity contribution in [2.24, 2.45) is 11.7 Å². The Morgan fingerprint density at radius 1 is 1.17 bits per heavy atom. The SMILES string of the molecule is CC1Cc2ccccc2N1C(=O)C1=CCCC1C(=O)NCc1ccc(C(=N)N)cc1. The molecule has 154 valence electrons. The maximum atomic E-state index is 13.4. The summed E-state index contributed by atoms with van der Waals surface area (Å²) < 4.78 is 0. The number of amidine groups is 1. The summed E-state index contributed by atoms with van der Waals surface area (Å²) >= 11 is 0. The molecule has 2 aromatic rings. The van der Waals surface area contributed by atoms with E-state index in [0.717, 1.165) is 24.1 Å². The van der Waals surface area contributed by atoms with Crippen molar-refractivity contribution in [1.29, 1.82) is 5.41 Å². The van der Waals surface area contributed by atoms with Crippen LogP contribution in [0.4, 0.5) is 5.69 Å². The predicted molar refractivity (Wildman–Crippen MR) is 117 cm³/mol. The van der Waals surface area contributed by atoms with Gasteiger partial charge in [0.25, 0.3) is 5.91 Å². The van der Waals surface area contributed by atoms with E-state index in [4.69, 9.17) is 11.1 Å². The zero-order valence-electron chi connectivity index (χ0n) is 17.0. The number of nitrogens with zero attached hydrogens (tertiary/aromatic N) is 1. The Morgan fingerprint density at radius 2 is 1.90 bits per heavy atom. The van der Waals surface area contributed by atoms with Crippen molar-refractivity contribution in [3.8, 4) is 0 Å². The minimum Gasteiger partial charge on any atom is -0.384 e. The highest BCUT2D eigenvalue weighted by Gasteiger charge is 2.38. The molecule has 30 heavy (non-hydrogen) atoms. The number of amides is 2.